The number of ketones is 1. The summed E-state index contributed by atoms with van der Waals surface area (Å²) in [6.07, 6.45) is 3.90. The van der Waals surface area contributed by atoms with Gasteiger partial charge in [-0.2, -0.15) is 0 Å². The van der Waals surface area contributed by atoms with Gasteiger partial charge in [0.15, 0.2) is 5.78 Å². The number of hydrogen-bond acceptors (Lipinski definition) is 6. The number of benzene rings is 2. The number of carbonyl (C=O) groups excluding carboxylic acids is 3. The van der Waals surface area contributed by atoms with Gasteiger partial charge in [-0.3, -0.25) is 14.6 Å². The first-order valence-electron chi connectivity index (χ1n) is 14.1. The second-order valence-corrected chi connectivity index (χ2v) is 11.4. The number of aromatic nitrogens is 1. The molecule has 0 unspecified atom stereocenters. The number of fused-ring (bicyclic) bond motifs is 1. The summed E-state index contributed by atoms with van der Waals surface area (Å²) >= 11 is 0. The fourth-order valence-corrected chi connectivity index (χ4v) is 5.00. The maximum Gasteiger partial charge on any atom is 0.321 e. The van der Waals surface area contributed by atoms with Crippen molar-refractivity contribution in [2.45, 2.75) is 46.2 Å². The monoisotopic (exact) mass is 552 g/mol. The van der Waals surface area contributed by atoms with Crippen LogP contribution in [0, 0.1) is 5.41 Å². The van der Waals surface area contributed by atoms with E-state index in [0.717, 1.165) is 31.6 Å². The van der Waals surface area contributed by atoms with E-state index in [-0.39, 0.29) is 12.3 Å². The molecule has 2 aliphatic rings. The number of nitrogens with one attached hydrogen (secondary N) is 2. The van der Waals surface area contributed by atoms with Crippen LogP contribution in [-0.4, -0.2) is 54.2 Å². The highest BCUT2D eigenvalue weighted by Crippen LogP contribution is 2.29. The van der Waals surface area contributed by atoms with Gasteiger partial charge >= 0.3 is 6.03 Å². The van der Waals surface area contributed by atoms with Crippen LogP contribution in [0.1, 0.15) is 51.3 Å². The van der Waals surface area contributed by atoms with Crippen LogP contribution < -0.4 is 20.4 Å². The third-order valence-electron chi connectivity index (χ3n) is 7.35. The van der Waals surface area contributed by atoms with Crippen molar-refractivity contribution in [1.29, 1.82) is 0 Å². The lowest BCUT2D eigenvalue weighted by atomic mass is 9.90. The van der Waals surface area contributed by atoms with E-state index in [4.69, 9.17) is 4.99 Å². The zero-order chi connectivity index (χ0) is 29.0. The highest BCUT2D eigenvalue weighted by Gasteiger charge is 2.36. The van der Waals surface area contributed by atoms with Crippen molar-refractivity contribution in [1.82, 2.24) is 10.3 Å². The van der Waals surface area contributed by atoms with Gasteiger partial charge in [0, 0.05) is 41.6 Å². The van der Waals surface area contributed by atoms with E-state index in [0.29, 0.717) is 28.3 Å². The Morgan fingerprint density at radius 1 is 0.951 bits per heavy atom. The number of aliphatic imine (C=N–C) groups is 1. The van der Waals surface area contributed by atoms with Crippen molar-refractivity contribution < 1.29 is 14.4 Å². The van der Waals surface area contributed by atoms with Crippen molar-refractivity contribution in [3.8, 4) is 0 Å². The molecule has 9 heteroatoms. The number of urea groups is 1. The van der Waals surface area contributed by atoms with E-state index >= 15 is 0 Å². The van der Waals surface area contributed by atoms with Crippen molar-refractivity contribution in [3.63, 3.8) is 0 Å². The first kappa shape index (κ1) is 28.0. The molecule has 1 atom stereocenters. The molecule has 1 fully saturated rings. The van der Waals surface area contributed by atoms with Crippen LogP contribution in [0.2, 0.25) is 0 Å². The second kappa shape index (κ2) is 11.9. The van der Waals surface area contributed by atoms with E-state index in [1.165, 1.54) is 11.3 Å². The van der Waals surface area contributed by atoms with Gasteiger partial charge in [0.25, 0.3) is 5.91 Å². The molecule has 1 aromatic heterocycles. The van der Waals surface area contributed by atoms with Crippen molar-refractivity contribution in [3.05, 3.63) is 84.2 Å². The summed E-state index contributed by atoms with van der Waals surface area (Å²) in [4.78, 5) is 53.3. The SMILES string of the molecule is CC(C)(C)C(=O)CN1C(=O)[C@@H](NC(=O)Nc2cccc(N3CCCCC3)c2)N=C(c2ccccn2)c2ccccc21. The molecule has 0 saturated carbocycles. The van der Waals surface area contributed by atoms with Crippen LogP contribution in [0.15, 0.2) is 77.9 Å². The number of piperidine rings is 1. The number of pyridine rings is 1. The number of hydrogen-bond donors (Lipinski definition) is 2. The smallest absolute Gasteiger partial charge is 0.321 e. The molecule has 9 nitrogen and oxygen atoms in total. The fraction of sp³-hybridized carbons (Fsp3) is 0.344. The quantitative estimate of drug-likeness (QED) is 0.447. The van der Waals surface area contributed by atoms with E-state index in [9.17, 15) is 14.4 Å². The molecule has 0 bridgehead atoms. The summed E-state index contributed by atoms with van der Waals surface area (Å²) < 4.78 is 0. The molecule has 1 saturated heterocycles. The molecule has 0 spiro atoms. The number of rotatable bonds is 6. The number of Topliss-reactive ketones (excluding diaryl/α,β-unsaturated/α-hetero) is 1. The maximum atomic E-state index is 14.0. The van der Waals surface area contributed by atoms with Crippen LogP contribution in [0.3, 0.4) is 0 Å². The van der Waals surface area contributed by atoms with E-state index < -0.39 is 23.5 Å². The van der Waals surface area contributed by atoms with Crippen molar-refractivity contribution in [2.75, 3.05) is 34.8 Å². The summed E-state index contributed by atoms with van der Waals surface area (Å²) in [7, 11) is 0. The first-order chi connectivity index (χ1) is 19.7. The molecule has 2 N–H and O–H groups in total. The van der Waals surface area contributed by atoms with Gasteiger partial charge in [0.1, 0.15) is 0 Å². The number of benzodiazepines with no additional fused rings is 1. The Bertz CT molecular complexity index is 1460. The molecule has 3 heterocycles. The van der Waals surface area contributed by atoms with Crippen LogP contribution in [0.4, 0.5) is 21.9 Å². The number of amides is 3. The number of anilines is 3. The Labute approximate surface area is 240 Å². The van der Waals surface area contributed by atoms with Gasteiger partial charge in [0.2, 0.25) is 6.17 Å². The predicted octanol–water partition coefficient (Wildman–Crippen LogP) is 5.02. The molecule has 5 rings (SSSR count). The zero-order valence-electron chi connectivity index (χ0n) is 23.8. The molecule has 212 valence electrons. The largest absolute Gasteiger partial charge is 0.371 e. The normalized spacial score (nSPS) is 17.3. The Morgan fingerprint density at radius 2 is 1.71 bits per heavy atom. The Hall–Kier alpha value is -4.53. The lowest BCUT2D eigenvalue weighted by Gasteiger charge is -2.29. The lowest BCUT2D eigenvalue weighted by Crippen LogP contribution is -2.50. The van der Waals surface area contributed by atoms with Gasteiger partial charge in [-0.1, -0.05) is 51.1 Å². The third kappa shape index (κ3) is 6.45. The topological polar surface area (TPSA) is 107 Å². The van der Waals surface area contributed by atoms with Crippen LogP contribution in [-0.2, 0) is 9.59 Å². The number of carbonyl (C=O) groups is 3. The van der Waals surface area contributed by atoms with Gasteiger partial charge in [-0.25, -0.2) is 9.79 Å². The molecule has 0 aliphatic carbocycles. The van der Waals surface area contributed by atoms with Gasteiger partial charge < -0.3 is 20.4 Å². The van der Waals surface area contributed by atoms with Crippen LogP contribution in [0.25, 0.3) is 0 Å². The third-order valence-corrected chi connectivity index (χ3v) is 7.35. The minimum atomic E-state index is -1.28. The Balaban J connectivity index is 1.46. The fourth-order valence-electron chi connectivity index (χ4n) is 5.00. The standard InChI is InChI=1S/C32H36N6O3/c1-32(2,3)27(39)21-38-26-16-6-5-14-24(26)28(25-15-7-8-17-33-25)35-29(30(38)40)36-31(41)34-22-12-11-13-23(20-22)37-18-9-4-10-19-37/h5-8,11-17,20,29H,4,9-10,18-19,21H2,1-3H3,(H2,34,36,41)/t29-/m1/s1. The Morgan fingerprint density at radius 3 is 2.44 bits per heavy atom. The summed E-state index contributed by atoms with van der Waals surface area (Å²) in [5.41, 5.74) is 3.20. The van der Waals surface area contributed by atoms with E-state index in [1.807, 2.05) is 69.3 Å². The Kier molecular flexibility index (Phi) is 8.14. The number of nitrogens with zero attached hydrogens (tertiary/aromatic N) is 4. The van der Waals surface area contributed by atoms with Gasteiger partial charge in [-0.05, 0) is 55.7 Å². The average Bonchev–Trinajstić information content (AvgIpc) is 3.08. The highest BCUT2D eigenvalue weighted by molar-refractivity contribution is 6.20. The highest BCUT2D eigenvalue weighted by atomic mass is 16.2. The average molecular weight is 553 g/mol. The molecule has 41 heavy (non-hydrogen) atoms. The summed E-state index contributed by atoms with van der Waals surface area (Å²) in [6.45, 7) is 7.28. The molecule has 2 aromatic carbocycles. The van der Waals surface area contributed by atoms with Crippen LogP contribution >= 0.6 is 0 Å². The number of para-hydroxylation sites is 1. The molecular formula is C32H36N6O3. The molecule has 3 aromatic rings. The minimum absolute atomic E-state index is 0.111. The van der Waals surface area contributed by atoms with E-state index in [1.54, 1.807) is 24.4 Å². The summed E-state index contributed by atoms with van der Waals surface area (Å²) in [5, 5.41) is 5.62. The second-order valence-electron chi connectivity index (χ2n) is 11.4. The van der Waals surface area contributed by atoms with Crippen molar-refractivity contribution >= 4 is 40.5 Å². The van der Waals surface area contributed by atoms with Crippen LogP contribution in [0.5, 0.6) is 0 Å². The minimum Gasteiger partial charge on any atom is -0.371 e. The molecule has 0 radical (unpaired) electrons. The molecular weight excluding hydrogens is 516 g/mol. The van der Waals surface area contributed by atoms with E-state index in [2.05, 4.69) is 20.5 Å². The predicted molar refractivity (Wildman–Crippen MR) is 162 cm³/mol. The lowest BCUT2D eigenvalue weighted by molar-refractivity contribution is -0.127. The summed E-state index contributed by atoms with van der Waals surface area (Å²) in [6, 6.07) is 19.9. The molecule has 3 amide bonds. The molecule has 2 aliphatic heterocycles. The van der Waals surface area contributed by atoms with Gasteiger partial charge in [-0.15, -0.1) is 0 Å². The van der Waals surface area contributed by atoms with Gasteiger partial charge in [0.05, 0.1) is 23.6 Å². The summed E-state index contributed by atoms with van der Waals surface area (Å²) in [5.74, 6) is -0.613. The van der Waals surface area contributed by atoms with Crippen molar-refractivity contribution in [2.24, 2.45) is 10.4 Å². The zero-order valence-corrected chi connectivity index (χ0v) is 23.8. The maximum absolute atomic E-state index is 14.0. The first-order valence-corrected chi connectivity index (χ1v) is 14.1.